The number of nitrogens with zero attached hydrogens (tertiary/aromatic N) is 1. The van der Waals surface area contributed by atoms with E-state index in [2.05, 4.69) is 11.9 Å². The summed E-state index contributed by atoms with van der Waals surface area (Å²) in [5.74, 6) is 0.960. The molecule has 1 aliphatic heterocycles. The third-order valence-electron chi connectivity index (χ3n) is 2.46. The van der Waals surface area contributed by atoms with E-state index in [1.807, 2.05) is 0 Å². The van der Waals surface area contributed by atoms with Gasteiger partial charge in [-0.25, -0.2) is 0 Å². The zero-order valence-electron chi connectivity index (χ0n) is 8.18. The Kier molecular flexibility index (Phi) is 4.12. The summed E-state index contributed by atoms with van der Waals surface area (Å²) < 4.78 is 5.21. The van der Waals surface area contributed by atoms with Gasteiger partial charge < -0.3 is 4.74 Å². The van der Waals surface area contributed by atoms with Gasteiger partial charge in [0.2, 0.25) is 0 Å². The first-order valence-electron chi connectivity index (χ1n) is 4.97. The first-order valence-corrected chi connectivity index (χ1v) is 4.97. The van der Waals surface area contributed by atoms with Crippen LogP contribution in [0.4, 0.5) is 0 Å². The van der Waals surface area contributed by atoms with Gasteiger partial charge in [-0.1, -0.05) is 19.8 Å². The van der Waals surface area contributed by atoms with Gasteiger partial charge in [-0.3, -0.25) is 4.99 Å². The molecule has 1 atom stereocenters. The Bertz CT molecular complexity index is 154. The molecule has 0 aromatic carbocycles. The maximum Gasteiger partial charge on any atom is 0.183 e. The monoisotopic (exact) mass is 169 g/mol. The average molecular weight is 169 g/mol. The maximum absolute atomic E-state index is 5.21. The Morgan fingerprint density at radius 1 is 1.42 bits per heavy atom. The van der Waals surface area contributed by atoms with Crippen molar-refractivity contribution in [1.29, 1.82) is 0 Å². The highest BCUT2D eigenvalue weighted by atomic mass is 16.5. The fraction of sp³-hybridized carbons (Fsp3) is 0.900. The van der Waals surface area contributed by atoms with Crippen LogP contribution in [-0.4, -0.2) is 19.0 Å². The van der Waals surface area contributed by atoms with E-state index < -0.39 is 0 Å². The number of hydrogen-bond donors (Lipinski definition) is 0. The summed E-state index contributed by atoms with van der Waals surface area (Å²) in [4.78, 5) is 4.57. The van der Waals surface area contributed by atoms with Gasteiger partial charge in [-0.15, -0.1) is 0 Å². The van der Waals surface area contributed by atoms with Crippen LogP contribution in [-0.2, 0) is 4.74 Å². The molecular weight excluding hydrogens is 150 g/mol. The molecule has 0 aliphatic carbocycles. The van der Waals surface area contributed by atoms with E-state index in [1.165, 1.54) is 25.7 Å². The Hall–Kier alpha value is -0.530. The lowest BCUT2D eigenvalue weighted by atomic mass is 10.0. The summed E-state index contributed by atoms with van der Waals surface area (Å²) >= 11 is 0. The molecule has 0 saturated heterocycles. The van der Waals surface area contributed by atoms with Crippen molar-refractivity contribution >= 4 is 5.90 Å². The van der Waals surface area contributed by atoms with Crippen molar-refractivity contribution in [1.82, 2.24) is 0 Å². The topological polar surface area (TPSA) is 21.6 Å². The zero-order valence-corrected chi connectivity index (χ0v) is 8.18. The summed E-state index contributed by atoms with van der Waals surface area (Å²) in [7, 11) is 1.73. The average Bonchev–Trinajstić information content (AvgIpc) is 2.05. The van der Waals surface area contributed by atoms with Crippen LogP contribution >= 0.6 is 0 Å². The molecule has 2 nitrogen and oxygen atoms in total. The Balaban J connectivity index is 2.54. The van der Waals surface area contributed by atoms with Crippen LogP contribution in [0.1, 0.15) is 45.4 Å². The summed E-state index contributed by atoms with van der Waals surface area (Å²) in [5.41, 5.74) is 0. The first kappa shape index (κ1) is 9.56. The second-order valence-corrected chi connectivity index (χ2v) is 3.39. The van der Waals surface area contributed by atoms with Crippen molar-refractivity contribution in [2.24, 2.45) is 4.99 Å². The Morgan fingerprint density at radius 2 is 2.25 bits per heavy atom. The van der Waals surface area contributed by atoms with E-state index in [1.54, 1.807) is 7.11 Å². The molecule has 70 valence electrons. The third kappa shape index (κ3) is 2.84. The second kappa shape index (κ2) is 5.18. The molecule has 1 heterocycles. The van der Waals surface area contributed by atoms with E-state index in [9.17, 15) is 0 Å². The molecule has 0 fully saturated rings. The van der Waals surface area contributed by atoms with Crippen molar-refractivity contribution in [3.63, 3.8) is 0 Å². The van der Waals surface area contributed by atoms with Gasteiger partial charge in [0.15, 0.2) is 5.90 Å². The van der Waals surface area contributed by atoms with Gasteiger partial charge in [0, 0.05) is 6.42 Å². The largest absolute Gasteiger partial charge is 0.484 e. The summed E-state index contributed by atoms with van der Waals surface area (Å²) in [6.45, 7) is 2.20. The molecular formula is C10H19NO. The second-order valence-electron chi connectivity index (χ2n) is 3.39. The van der Waals surface area contributed by atoms with Crippen LogP contribution in [0.2, 0.25) is 0 Å². The highest BCUT2D eigenvalue weighted by molar-refractivity contribution is 5.76. The molecule has 0 N–H and O–H groups in total. The van der Waals surface area contributed by atoms with Crippen LogP contribution < -0.4 is 0 Å². The van der Waals surface area contributed by atoms with E-state index in [0.29, 0.717) is 6.04 Å². The summed E-state index contributed by atoms with van der Waals surface area (Å²) in [5, 5.41) is 0. The normalized spacial score (nSPS) is 25.5. The summed E-state index contributed by atoms with van der Waals surface area (Å²) in [6, 6.07) is 0.514. The highest BCUT2D eigenvalue weighted by Gasteiger charge is 2.10. The van der Waals surface area contributed by atoms with E-state index in [4.69, 9.17) is 4.74 Å². The number of aliphatic imine (C=N–C) groups is 1. The first-order chi connectivity index (χ1) is 5.86. The predicted octanol–water partition coefficient (Wildman–Crippen LogP) is 2.77. The Morgan fingerprint density at radius 3 is 2.92 bits per heavy atom. The third-order valence-corrected chi connectivity index (χ3v) is 2.46. The summed E-state index contributed by atoms with van der Waals surface area (Å²) in [6.07, 6.45) is 7.32. The number of hydrogen-bond acceptors (Lipinski definition) is 2. The zero-order chi connectivity index (χ0) is 8.81. The quantitative estimate of drug-likeness (QED) is 0.591. The van der Waals surface area contributed by atoms with Crippen LogP contribution in [0, 0.1) is 0 Å². The van der Waals surface area contributed by atoms with Gasteiger partial charge in [-0.2, -0.15) is 0 Å². The fourth-order valence-electron chi connectivity index (χ4n) is 1.62. The highest BCUT2D eigenvalue weighted by Crippen LogP contribution is 2.15. The molecule has 0 saturated carbocycles. The van der Waals surface area contributed by atoms with Gasteiger partial charge in [0.25, 0.3) is 0 Å². The molecule has 1 unspecified atom stereocenters. The molecule has 1 aliphatic rings. The van der Waals surface area contributed by atoms with Gasteiger partial charge in [-0.05, 0) is 19.3 Å². The molecule has 0 aromatic rings. The molecule has 2 heteroatoms. The molecule has 12 heavy (non-hydrogen) atoms. The predicted molar refractivity (Wildman–Crippen MR) is 51.6 cm³/mol. The number of methoxy groups -OCH3 is 1. The van der Waals surface area contributed by atoms with Crippen LogP contribution in [0.3, 0.4) is 0 Å². The smallest absolute Gasteiger partial charge is 0.183 e. The molecule has 0 radical (unpaired) electrons. The number of ether oxygens (including phenoxy) is 1. The minimum absolute atomic E-state index is 0.514. The van der Waals surface area contributed by atoms with E-state index >= 15 is 0 Å². The van der Waals surface area contributed by atoms with Crippen molar-refractivity contribution < 1.29 is 4.74 Å². The van der Waals surface area contributed by atoms with Crippen molar-refractivity contribution in [2.45, 2.75) is 51.5 Å². The lowest BCUT2D eigenvalue weighted by Gasteiger charge is -2.15. The van der Waals surface area contributed by atoms with E-state index in [-0.39, 0.29) is 0 Å². The SMILES string of the molecule is CCC1CCCCCC(OC)=N1. The molecule has 1 rings (SSSR count). The minimum Gasteiger partial charge on any atom is -0.484 e. The minimum atomic E-state index is 0.514. The maximum atomic E-state index is 5.21. The van der Waals surface area contributed by atoms with Crippen molar-refractivity contribution in [2.75, 3.05) is 7.11 Å². The van der Waals surface area contributed by atoms with Crippen molar-refractivity contribution in [3.05, 3.63) is 0 Å². The number of rotatable bonds is 1. The van der Waals surface area contributed by atoms with Gasteiger partial charge in [0.05, 0.1) is 13.2 Å². The standard InChI is InChI=1S/C10H19NO/c1-3-9-7-5-4-6-8-10(11-9)12-2/h9H,3-8H2,1-2H3. The van der Waals surface area contributed by atoms with E-state index in [0.717, 1.165) is 18.7 Å². The molecule has 0 spiro atoms. The molecule has 0 amide bonds. The molecule has 0 aromatic heterocycles. The Labute approximate surface area is 75.0 Å². The van der Waals surface area contributed by atoms with Crippen molar-refractivity contribution in [3.8, 4) is 0 Å². The van der Waals surface area contributed by atoms with Crippen LogP contribution in [0.25, 0.3) is 0 Å². The van der Waals surface area contributed by atoms with Crippen LogP contribution in [0.15, 0.2) is 4.99 Å². The fourth-order valence-corrected chi connectivity index (χ4v) is 1.62. The lowest BCUT2D eigenvalue weighted by Crippen LogP contribution is -2.12. The van der Waals surface area contributed by atoms with Crippen LogP contribution in [0.5, 0.6) is 0 Å². The van der Waals surface area contributed by atoms with Gasteiger partial charge in [0.1, 0.15) is 0 Å². The van der Waals surface area contributed by atoms with Gasteiger partial charge >= 0.3 is 0 Å². The molecule has 0 bridgehead atoms. The lowest BCUT2D eigenvalue weighted by molar-refractivity contribution is 0.371.